The number of nitrogens with one attached hydrogen (secondary N) is 3. The Hall–Kier alpha value is -5.57. The van der Waals surface area contributed by atoms with Crippen LogP contribution in [0, 0.1) is 26.7 Å². The Morgan fingerprint density at radius 1 is 0.397 bits per heavy atom. The van der Waals surface area contributed by atoms with E-state index in [1.165, 1.54) is 44.9 Å². The molecular formula is C80H131ClN13O19S3-3. The van der Waals surface area contributed by atoms with Gasteiger partial charge in [0.05, 0.1) is 23.3 Å². The Labute approximate surface area is 699 Å². The van der Waals surface area contributed by atoms with Crippen LogP contribution in [0.2, 0.25) is 5.15 Å². The summed E-state index contributed by atoms with van der Waals surface area (Å²) in [5.41, 5.74) is 1.26. The maximum absolute atomic E-state index is 12.6. The molecule has 5 N–H and O–H groups in total. The van der Waals surface area contributed by atoms with E-state index in [0.29, 0.717) is 72.3 Å². The molecule has 116 heavy (non-hydrogen) atoms. The standard InChI is InChI=1S/C22H34N4O4.C21H32N4O2.2C12H21NO3.C10H14ClN3O.3CH4O2S/c1-14-19(28-17-7-9-23-10-8-17)24-13-25-20(14)29-18-11-15-5-6-16(12-18)26(15)21(27)30-22(2,3)4;1-14-20(26-18-6-8-22-9-7-18)23-13-24-21(14)27-19-10-16-4-5-17(11-19)25(16)12-15-2-3-15;2*1-12(2,3)16-11(15)13-8-4-5-9(13)7-10(14)6-8;1-7-9(11)13-6-14-10(7)15-8-2-4-12-5-3-8;3*1-4(2)3/h13,15-18,23H,5-12H2,1-4H3;13,15-19,22H,2-12H2,1H3;2*8-10,14H,4-7H2,1-3H3;6,8,12H,2-5H2,1H3;3*1H3,(H,2,3)/p-3/t15-,16+,18?;16-,17+,19?;8-,9+,10?;;;;;. The molecule has 12 aliphatic rings. The molecule has 14 heterocycles. The molecule has 8 bridgehead atoms. The van der Waals surface area contributed by atoms with Crippen LogP contribution in [0.15, 0.2) is 19.0 Å². The van der Waals surface area contributed by atoms with Crippen molar-refractivity contribution in [2.45, 2.75) is 345 Å². The first-order valence-corrected chi connectivity index (χ1v) is 46.3. The number of aliphatic hydroxyl groups excluding tert-OH is 2. The molecule has 3 aromatic heterocycles. The number of hydrogen-bond acceptors (Lipinski definition) is 29. The highest BCUT2D eigenvalue weighted by molar-refractivity contribution is 7.78. The minimum Gasteiger partial charge on any atom is -0.773 e. The van der Waals surface area contributed by atoms with Crippen LogP contribution in [0.5, 0.6) is 29.4 Å². The molecule has 14 atom stereocenters. The van der Waals surface area contributed by atoms with Crippen molar-refractivity contribution in [3.8, 4) is 29.4 Å². The number of halogens is 1. The first-order chi connectivity index (χ1) is 54.8. The second kappa shape index (κ2) is 45.4. The van der Waals surface area contributed by atoms with Crippen LogP contribution >= 0.6 is 11.6 Å². The van der Waals surface area contributed by atoms with Gasteiger partial charge >= 0.3 is 18.3 Å². The smallest absolute Gasteiger partial charge is 0.410 e. The largest absolute Gasteiger partial charge is 0.773 e. The molecule has 0 aromatic carbocycles. The molecule has 11 saturated heterocycles. The molecule has 12 fully saturated rings. The van der Waals surface area contributed by atoms with E-state index in [0.717, 1.165) is 183 Å². The minimum atomic E-state index is -1.86. The lowest BCUT2D eigenvalue weighted by Gasteiger charge is -2.39. The minimum absolute atomic E-state index is 0.0292. The number of carbonyl (C=O) groups is 3. The number of hydrogen-bond donors (Lipinski definition) is 5. The first kappa shape index (κ1) is 95.9. The van der Waals surface area contributed by atoms with E-state index in [1.54, 1.807) is 6.33 Å². The van der Waals surface area contributed by atoms with Crippen LogP contribution in [-0.4, -0.2) is 277 Å². The summed E-state index contributed by atoms with van der Waals surface area (Å²) in [7, 11) is 0. The van der Waals surface area contributed by atoms with Crippen molar-refractivity contribution in [3.63, 3.8) is 0 Å². The maximum atomic E-state index is 12.6. The fraction of sp³-hybridized carbons (Fsp3) is 0.812. The Bertz CT molecular complexity index is 3490. The number of ether oxygens (including phenoxy) is 8. The van der Waals surface area contributed by atoms with Gasteiger partial charge in [0.2, 0.25) is 29.4 Å². The highest BCUT2D eigenvalue weighted by atomic mass is 35.5. The molecule has 15 rings (SSSR count). The summed E-state index contributed by atoms with van der Waals surface area (Å²) in [6, 6.07) is 2.48. The fourth-order valence-electron chi connectivity index (χ4n) is 17.0. The quantitative estimate of drug-likeness (QED) is 0.0639. The van der Waals surface area contributed by atoms with Crippen molar-refractivity contribution >= 4 is 63.1 Å². The number of rotatable bonds is 12. The van der Waals surface area contributed by atoms with Crippen LogP contribution in [0.1, 0.15) is 233 Å². The van der Waals surface area contributed by atoms with Gasteiger partial charge in [0.1, 0.15) is 71.5 Å². The molecule has 1 saturated carbocycles. The van der Waals surface area contributed by atoms with Crippen molar-refractivity contribution in [1.82, 2.24) is 65.5 Å². The van der Waals surface area contributed by atoms with Crippen LogP contribution in [0.25, 0.3) is 0 Å². The molecule has 32 nitrogen and oxygen atoms in total. The SMILES string of the molecule is CC(C)(C)OC(=O)N1C2CCC1CC(O)C2.CC(C)(C)OC(=O)N1[C@@H]2CC[C@H]1CC(O)C2.CS(=O)[O-].CS(=O)[O-].CS(=O)[O-].Cc1c(Cl)ncnc1OC1CCNCC1.Cc1c(OC2CCNCC2)ncnc1OC1C[C@H]2CC[C@@H](C1)N2C(=O)OC(C)(C)C.Cc1c(OC2CCNCC2)ncnc1OC1C[C@H]2CC[C@@H](C1)N2CC1CC1. The summed E-state index contributed by atoms with van der Waals surface area (Å²) < 4.78 is 101. The van der Waals surface area contributed by atoms with E-state index in [4.69, 9.17) is 75.8 Å². The second-order valence-electron chi connectivity index (χ2n) is 35.2. The Morgan fingerprint density at radius 3 is 0.897 bits per heavy atom. The van der Waals surface area contributed by atoms with E-state index >= 15 is 0 Å². The molecule has 1 aliphatic carbocycles. The highest BCUT2D eigenvalue weighted by Crippen LogP contribution is 2.44. The van der Waals surface area contributed by atoms with Gasteiger partial charge in [-0.25, -0.2) is 44.3 Å². The van der Waals surface area contributed by atoms with E-state index in [-0.39, 0.29) is 97.3 Å². The summed E-state index contributed by atoms with van der Waals surface area (Å²) in [5.74, 6) is 4.20. The molecule has 8 unspecified atom stereocenters. The van der Waals surface area contributed by atoms with Gasteiger partial charge < -0.3 is 92.4 Å². The highest BCUT2D eigenvalue weighted by Gasteiger charge is 2.49. The first-order valence-electron chi connectivity index (χ1n) is 41.5. The summed E-state index contributed by atoms with van der Waals surface area (Å²) in [6.07, 6.45) is 31.9. The molecule has 36 heteroatoms. The molecular weight excluding hydrogens is 1580 g/mol. The van der Waals surface area contributed by atoms with Gasteiger partial charge in [-0.05, 0) is 288 Å². The van der Waals surface area contributed by atoms with E-state index in [2.05, 4.69) is 50.8 Å². The zero-order valence-electron chi connectivity index (χ0n) is 70.8. The van der Waals surface area contributed by atoms with Gasteiger partial charge in [-0.2, -0.15) is 0 Å². The zero-order chi connectivity index (χ0) is 84.8. The van der Waals surface area contributed by atoms with Crippen LogP contribution in [0.4, 0.5) is 14.4 Å². The van der Waals surface area contributed by atoms with Crippen molar-refractivity contribution < 1.29 is 88.8 Å². The number of amides is 3. The van der Waals surface area contributed by atoms with E-state index in [1.807, 2.05) is 97.8 Å². The summed E-state index contributed by atoms with van der Waals surface area (Å²) in [5, 5.41) is 29.8. The van der Waals surface area contributed by atoms with Gasteiger partial charge in [0.25, 0.3) is 0 Å². The van der Waals surface area contributed by atoms with E-state index < -0.39 is 50.0 Å². The topological polar surface area (TPSA) is 412 Å². The van der Waals surface area contributed by atoms with Gasteiger partial charge in [0, 0.05) is 73.3 Å². The van der Waals surface area contributed by atoms with Crippen molar-refractivity contribution in [1.29, 1.82) is 0 Å². The number of carbonyl (C=O) groups excluding carboxylic acids is 3. The lowest BCUT2D eigenvalue weighted by atomic mass is 9.99. The number of aliphatic hydroxyl groups is 2. The van der Waals surface area contributed by atoms with Crippen LogP contribution < -0.4 is 39.6 Å². The molecule has 0 spiro atoms. The van der Waals surface area contributed by atoms with Gasteiger partial charge in [-0.3, -0.25) is 17.5 Å². The van der Waals surface area contributed by atoms with Crippen molar-refractivity contribution in [2.24, 2.45) is 5.92 Å². The third-order valence-corrected chi connectivity index (χ3v) is 22.5. The third-order valence-electron chi connectivity index (χ3n) is 22.1. The predicted molar refractivity (Wildman–Crippen MR) is 438 cm³/mol. The van der Waals surface area contributed by atoms with Gasteiger partial charge in [-0.15, -0.1) is 0 Å². The Kier molecular flexibility index (Phi) is 37.5. The second-order valence-corrected chi connectivity index (χ2v) is 38.0. The zero-order valence-corrected chi connectivity index (χ0v) is 74.0. The molecule has 3 amide bonds. The molecule has 3 aromatic rings. The lowest BCUT2D eigenvalue weighted by molar-refractivity contribution is -0.0123. The number of nitrogens with zero attached hydrogens (tertiary/aromatic N) is 10. The Balaban J connectivity index is 0.000000179. The normalized spacial score (nSPS) is 27.7. The van der Waals surface area contributed by atoms with Crippen molar-refractivity contribution in [3.05, 3.63) is 40.8 Å². The van der Waals surface area contributed by atoms with Gasteiger partial charge in [-0.1, -0.05) is 44.8 Å². The summed E-state index contributed by atoms with van der Waals surface area (Å²) in [4.78, 5) is 70.6. The van der Waals surface area contributed by atoms with Crippen molar-refractivity contribution in [2.75, 3.05) is 64.6 Å². The number of aromatic nitrogens is 6. The summed E-state index contributed by atoms with van der Waals surface area (Å²) in [6.45, 7) is 30.2. The maximum Gasteiger partial charge on any atom is 0.410 e. The van der Waals surface area contributed by atoms with E-state index in [9.17, 15) is 24.6 Å². The number of fused-ring (bicyclic) bond motifs is 8. The molecule has 0 radical (unpaired) electrons. The monoisotopic (exact) mass is 1710 g/mol. The average Bonchev–Trinajstić information content (AvgIpc) is 1.64. The van der Waals surface area contributed by atoms with Crippen LogP contribution in [0.3, 0.4) is 0 Å². The summed E-state index contributed by atoms with van der Waals surface area (Å²) >= 11 is 0.305. The van der Waals surface area contributed by atoms with Gasteiger partial charge in [0.15, 0.2) is 0 Å². The predicted octanol–water partition coefficient (Wildman–Crippen LogP) is 9.80. The lowest BCUT2D eigenvalue weighted by Crippen LogP contribution is -2.50. The van der Waals surface area contributed by atoms with Crippen LogP contribution in [-0.2, 0) is 47.5 Å². The Morgan fingerprint density at radius 2 is 0.629 bits per heavy atom. The fourth-order valence-corrected chi connectivity index (χ4v) is 17.1. The molecule has 658 valence electrons. The number of piperidine rings is 7. The average molecular weight is 1710 g/mol. The third kappa shape index (κ3) is 31.8. The molecule has 11 aliphatic heterocycles.